The van der Waals surface area contributed by atoms with E-state index in [2.05, 4.69) is 150 Å². The van der Waals surface area contributed by atoms with Crippen molar-refractivity contribution >= 4 is 81.8 Å². The van der Waals surface area contributed by atoms with Gasteiger partial charge in [-0.2, -0.15) is 0 Å². The predicted octanol–water partition coefficient (Wildman–Crippen LogP) is 13.1. The van der Waals surface area contributed by atoms with E-state index in [0.29, 0.717) is 0 Å². The SMILES string of the molecule is c1cnc2c(-c3ccc4cc(N(c5ccc(-c6nc7ccccc7s6)cc5)c5ccc(-c6nc7ccccc7s6)cc5)ccc4c3)cccc2c1. The first-order valence-electron chi connectivity index (χ1n) is 16.8. The molecule has 0 amide bonds. The van der Waals surface area contributed by atoms with E-state index in [1.807, 2.05) is 24.4 Å². The fourth-order valence-electron chi connectivity index (χ4n) is 6.82. The number of para-hydroxylation sites is 3. The highest BCUT2D eigenvalue weighted by atomic mass is 32.1. The Labute approximate surface area is 302 Å². The molecule has 0 fully saturated rings. The largest absolute Gasteiger partial charge is 0.310 e. The van der Waals surface area contributed by atoms with Gasteiger partial charge >= 0.3 is 0 Å². The Morgan fingerprint density at radius 2 is 0.961 bits per heavy atom. The molecule has 0 radical (unpaired) electrons. The van der Waals surface area contributed by atoms with Crippen LogP contribution in [-0.2, 0) is 0 Å². The minimum atomic E-state index is 1.02. The smallest absolute Gasteiger partial charge is 0.124 e. The molecule has 0 spiro atoms. The summed E-state index contributed by atoms with van der Waals surface area (Å²) in [5, 5.41) is 5.55. The first kappa shape index (κ1) is 29.7. The second kappa shape index (κ2) is 12.3. The van der Waals surface area contributed by atoms with Crippen LogP contribution in [-0.4, -0.2) is 15.0 Å². The highest BCUT2D eigenvalue weighted by Crippen LogP contribution is 2.40. The van der Waals surface area contributed by atoms with Crippen molar-refractivity contribution in [2.45, 2.75) is 0 Å². The van der Waals surface area contributed by atoms with Crippen LogP contribution in [0, 0.1) is 0 Å². The molecule has 0 aliphatic heterocycles. The summed E-state index contributed by atoms with van der Waals surface area (Å²) in [7, 11) is 0. The minimum Gasteiger partial charge on any atom is -0.310 e. The van der Waals surface area contributed by atoms with E-state index in [-0.39, 0.29) is 0 Å². The fraction of sp³-hybridized carbons (Fsp3) is 0. The standard InChI is InChI=1S/C45H28N4S2/c1-3-12-41-39(10-1)47-44(50-41)30-16-21-35(22-17-30)49(36-23-18-31(19-24-36)45-48-40-11-2-4-13-42(40)51-45)37-25-20-32-27-34(15-14-33(32)28-37)38-9-5-7-29-8-6-26-46-43(29)38/h1-28H. The van der Waals surface area contributed by atoms with Gasteiger partial charge in [-0.3, -0.25) is 4.98 Å². The Morgan fingerprint density at radius 3 is 1.61 bits per heavy atom. The van der Waals surface area contributed by atoms with Gasteiger partial charge in [0.2, 0.25) is 0 Å². The van der Waals surface area contributed by atoms with Gasteiger partial charge in [-0.05, 0) is 113 Å². The predicted molar refractivity (Wildman–Crippen MR) is 217 cm³/mol. The van der Waals surface area contributed by atoms with E-state index in [4.69, 9.17) is 15.0 Å². The van der Waals surface area contributed by atoms with Gasteiger partial charge in [0, 0.05) is 45.3 Å². The highest BCUT2D eigenvalue weighted by molar-refractivity contribution is 7.22. The second-order valence-corrected chi connectivity index (χ2v) is 14.6. The van der Waals surface area contributed by atoms with Crippen molar-refractivity contribution in [2.75, 3.05) is 4.90 Å². The van der Waals surface area contributed by atoms with E-state index >= 15 is 0 Å². The second-order valence-electron chi connectivity index (χ2n) is 12.5. The van der Waals surface area contributed by atoms with Gasteiger partial charge in [-0.15, -0.1) is 22.7 Å². The van der Waals surface area contributed by atoms with Crippen LogP contribution >= 0.6 is 22.7 Å². The summed E-state index contributed by atoms with van der Waals surface area (Å²) in [5.41, 5.74) is 10.8. The number of aromatic nitrogens is 3. The molecule has 0 unspecified atom stereocenters. The lowest BCUT2D eigenvalue weighted by atomic mass is 9.98. The van der Waals surface area contributed by atoms with Crippen LogP contribution in [0.25, 0.3) is 74.4 Å². The Bertz CT molecular complexity index is 2680. The average Bonchev–Trinajstić information content (AvgIpc) is 3.83. The zero-order valence-electron chi connectivity index (χ0n) is 27.3. The molecule has 0 atom stereocenters. The summed E-state index contributed by atoms with van der Waals surface area (Å²) < 4.78 is 2.39. The number of benzene rings is 7. The van der Waals surface area contributed by atoms with Crippen molar-refractivity contribution in [1.82, 2.24) is 15.0 Å². The normalized spacial score (nSPS) is 11.5. The minimum absolute atomic E-state index is 1.02. The maximum Gasteiger partial charge on any atom is 0.124 e. The molecule has 6 heteroatoms. The zero-order chi connectivity index (χ0) is 33.7. The van der Waals surface area contributed by atoms with Crippen LogP contribution in [0.15, 0.2) is 170 Å². The summed E-state index contributed by atoms with van der Waals surface area (Å²) in [5.74, 6) is 0. The lowest BCUT2D eigenvalue weighted by Gasteiger charge is -2.26. The summed E-state index contributed by atoms with van der Waals surface area (Å²) in [4.78, 5) is 16.8. The molecule has 51 heavy (non-hydrogen) atoms. The molecule has 0 aliphatic carbocycles. The molecular formula is C45H28N4S2. The molecule has 240 valence electrons. The lowest BCUT2D eigenvalue weighted by molar-refractivity contribution is 1.29. The Balaban J connectivity index is 1.05. The lowest BCUT2D eigenvalue weighted by Crippen LogP contribution is -2.09. The third kappa shape index (κ3) is 5.42. The molecule has 0 bridgehead atoms. The molecule has 3 heterocycles. The number of anilines is 3. The molecule has 10 aromatic rings. The number of hydrogen-bond acceptors (Lipinski definition) is 6. The molecule has 3 aromatic heterocycles. The number of hydrogen-bond donors (Lipinski definition) is 0. The van der Waals surface area contributed by atoms with E-state index in [9.17, 15) is 0 Å². The van der Waals surface area contributed by atoms with Gasteiger partial charge in [0.25, 0.3) is 0 Å². The number of thiazole rings is 2. The molecule has 0 aliphatic rings. The van der Waals surface area contributed by atoms with E-state index < -0.39 is 0 Å². The molecule has 7 aromatic carbocycles. The fourth-order valence-corrected chi connectivity index (χ4v) is 8.76. The highest BCUT2D eigenvalue weighted by Gasteiger charge is 2.16. The summed E-state index contributed by atoms with van der Waals surface area (Å²) in [6.07, 6.45) is 1.87. The Morgan fingerprint density at radius 1 is 0.412 bits per heavy atom. The van der Waals surface area contributed by atoms with Gasteiger partial charge in [0.15, 0.2) is 0 Å². The van der Waals surface area contributed by atoms with Gasteiger partial charge < -0.3 is 4.90 Å². The number of rotatable bonds is 6. The van der Waals surface area contributed by atoms with Crippen molar-refractivity contribution in [1.29, 1.82) is 0 Å². The quantitative estimate of drug-likeness (QED) is 0.174. The van der Waals surface area contributed by atoms with Crippen LogP contribution in [0.2, 0.25) is 0 Å². The van der Waals surface area contributed by atoms with E-state index in [1.54, 1.807) is 22.7 Å². The van der Waals surface area contributed by atoms with Crippen molar-refractivity contribution in [3.8, 4) is 32.3 Å². The molecule has 10 rings (SSSR count). The average molecular weight is 689 g/mol. The zero-order valence-corrected chi connectivity index (χ0v) is 28.9. The number of fused-ring (bicyclic) bond motifs is 4. The molecule has 0 saturated carbocycles. The maximum atomic E-state index is 4.90. The van der Waals surface area contributed by atoms with Crippen molar-refractivity contribution in [3.05, 3.63) is 170 Å². The molecule has 0 saturated heterocycles. The molecule has 4 nitrogen and oxygen atoms in total. The summed E-state index contributed by atoms with van der Waals surface area (Å²) >= 11 is 3.45. The summed E-state index contributed by atoms with van der Waals surface area (Å²) in [6.45, 7) is 0. The Kier molecular flexibility index (Phi) is 7.15. The van der Waals surface area contributed by atoms with Crippen LogP contribution in [0.1, 0.15) is 0 Å². The third-order valence-corrected chi connectivity index (χ3v) is 11.5. The summed E-state index contributed by atoms with van der Waals surface area (Å²) in [6, 6.07) is 58.1. The maximum absolute atomic E-state index is 4.90. The molecule has 0 N–H and O–H groups in total. The third-order valence-electron chi connectivity index (χ3n) is 9.36. The van der Waals surface area contributed by atoms with Gasteiger partial charge in [-0.25, -0.2) is 9.97 Å². The van der Waals surface area contributed by atoms with Gasteiger partial charge in [0.1, 0.15) is 10.0 Å². The van der Waals surface area contributed by atoms with Crippen LogP contribution in [0.4, 0.5) is 17.1 Å². The van der Waals surface area contributed by atoms with Crippen molar-refractivity contribution in [2.24, 2.45) is 0 Å². The number of nitrogens with zero attached hydrogens (tertiary/aromatic N) is 4. The number of pyridine rings is 1. The Hall–Kier alpha value is -6.21. The first-order valence-corrected chi connectivity index (χ1v) is 18.5. The monoisotopic (exact) mass is 688 g/mol. The van der Waals surface area contributed by atoms with Crippen LogP contribution in [0.3, 0.4) is 0 Å². The topological polar surface area (TPSA) is 41.9 Å². The van der Waals surface area contributed by atoms with Crippen molar-refractivity contribution < 1.29 is 0 Å². The van der Waals surface area contributed by atoms with Crippen molar-refractivity contribution in [3.63, 3.8) is 0 Å². The van der Waals surface area contributed by atoms with Crippen LogP contribution in [0.5, 0.6) is 0 Å². The van der Waals surface area contributed by atoms with Crippen LogP contribution < -0.4 is 4.90 Å². The molecular weight excluding hydrogens is 661 g/mol. The van der Waals surface area contributed by atoms with Gasteiger partial charge in [0.05, 0.1) is 25.9 Å². The van der Waals surface area contributed by atoms with Gasteiger partial charge in [-0.1, -0.05) is 66.7 Å². The van der Waals surface area contributed by atoms with E-state index in [0.717, 1.165) is 71.3 Å². The first-order chi connectivity index (χ1) is 25.2. The van der Waals surface area contributed by atoms with E-state index in [1.165, 1.54) is 20.2 Å².